The lowest BCUT2D eigenvalue weighted by molar-refractivity contribution is 1.02. The topological polar surface area (TPSA) is 28.5 Å². The van der Waals surface area contributed by atoms with Crippen LogP contribution in [0, 0.1) is 0 Å². The van der Waals surface area contributed by atoms with Crippen molar-refractivity contribution < 1.29 is 0 Å². The van der Waals surface area contributed by atoms with Crippen molar-refractivity contribution in [2.75, 3.05) is 12.1 Å². The summed E-state index contributed by atoms with van der Waals surface area (Å²) in [7, 11) is 1.92. The predicted octanol–water partition coefficient (Wildman–Crippen LogP) is 2.55. The molecule has 0 N–H and O–H groups in total. The van der Waals surface area contributed by atoms with E-state index in [9.17, 15) is 0 Å². The summed E-state index contributed by atoms with van der Waals surface area (Å²) in [6.45, 7) is 0. The van der Waals surface area contributed by atoms with E-state index in [4.69, 9.17) is 0 Å². The second kappa shape index (κ2) is 5.07. The van der Waals surface area contributed by atoms with E-state index < -0.39 is 0 Å². The quantitative estimate of drug-likeness (QED) is 0.576. The summed E-state index contributed by atoms with van der Waals surface area (Å²) in [6, 6.07) is 13.9. The summed E-state index contributed by atoms with van der Waals surface area (Å²) < 4.78 is 0. The number of para-hydroxylation sites is 1. The van der Waals surface area contributed by atoms with Gasteiger partial charge in [0.25, 0.3) is 0 Å². The third-order valence-electron chi connectivity index (χ3n) is 2.19. The SMILES string of the molecule is CN(N=Cc1cccnc1)c1ccccc1. The molecule has 0 radical (unpaired) electrons. The Morgan fingerprint density at radius 3 is 2.62 bits per heavy atom. The molecule has 0 unspecified atom stereocenters. The number of hydrazone groups is 1. The molecule has 1 aromatic carbocycles. The summed E-state index contributed by atoms with van der Waals surface area (Å²) >= 11 is 0. The van der Waals surface area contributed by atoms with Crippen LogP contribution in [-0.4, -0.2) is 18.2 Å². The van der Waals surface area contributed by atoms with Crippen molar-refractivity contribution >= 4 is 11.9 Å². The molecule has 3 nitrogen and oxygen atoms in total. The minimum atomic E-state index is 0.991. The molecule has 1 heterocycles. The monoisotopic (exact) mass is 211 g/mol. The maximum absolute atomic E-state index is 4.33. The Bertz CT molecular complexity index is 451. The standard InChI is InChI=1S/C13H13N3/c1-16(13-7-3-2-4-8-13)15-11-12-6-5-9-14-10-12/h2-11H,1H3. The van der Waals surface area contributed by atoms with Crippen LogP contribution in [0.1, 0.15) is 5.56 Å². The van der Waals surface area contributed by atoms with Crippen LogP contribution in [0.25, 0.3) is 0 Å². The molecular formula is C13H13N3. The second-order valence-corrected chi connectivity index (χ2v) is 3.39. The van der Waals surface area contributed by atoms with Crippen molar-refractivity contribution in [1.82, 2.24) is 4.98 Å². The molecule has 0 saturated heterocycles. The number of aromatic nitrogens is 1. The predicted molar refractivity (Wildman–Crippen MR) is 66.7 cm³/mol. The molecule has 16 heavy (non-hydrogen) atoms. The van der Waals surface area contributed by atoms with E-state index >= 15 is 0 Å². The van der Waals surface area contributed by atoms with E-state index in [0.717, 1.165) is 11.3 Å². The highest BCUT2D eigenvalue weighted by Gasteiger charge is 1.94. The smallest absolute Gasteiger partial charge is 0.0590 e. The van der Waals surface area contributed by atoms with Gasteiger partial charge in [0.2, 0.25) is 0 Å². The van der Waals surface area contributed by atoms with Gasteiger partial charge in [-0.25, -0.2) is 0 Å². The summed E-state index contributed by atoms with van der Waals surface area (Å²) in [6.07, 6.45) is 5.32. The van der Waals surface area contributed by atoms with E-state index in [1.165, 1.54) is 0 Å². The molecule has 80 valence electrons. The van der Waals surface area contributed by atoms with E-state index in [1.54, 1.807) is 18.6 Å². The summed E-state index contributed by atoms with van der Waals surface area (Å²) in [4.78, 5) is 4.03. The molecule has 0 amide bonds. The first-order valence-electron chi connectivity index (χ1n) is 5.09. The highest BCUT2D eigenvalue weighted by Crippen LogP contribution is 2.10. The van der Waals surface area contributed by atoms with E-state index in [0.29, 0.717) is 0 Å². The largest absolute Gasteiger partial charge is 0.269 e. The van der Waals surface area contributed by atoms with Gasteiger partial charge in [0, 0.05) is 25.0 Å². The van der Waals surface area contributed by atoms with Gasteiger partial charge >= 0.3 is 0 Å². The Hall–Kier alpha value is -2.16. The molecule has 0 aliphatic carbocycles. The maximum Gasteiger partial charge on any atom is 0.0590 e. The van der Waals surface area contributed by atoms with E-state index in [1.807, 2.05) is 54.5 Å². The number of hydrogen-bond donors (Lipinski definition) is 0. The fourth-order valence-corrected chi connectivity index (χ4v) is 1.32. The van der Waals surface area contributed by atoms with Crippen LogP contribution in [0.5, 0.6) is 0 Å². The van der Waals surface area contributed by atoms with Gasteiger partial charge in [0.15, 0.2) is 0 Å². The van der Waals surface area contributed by atoms with E-state index in [-0.39, 0.29) is 0 Å². The zero-order chi connectivity index (χ0) is 11.2. The second-order valence-electron chi connectivity index (χ2n) is 3.39. The highest BCUT2D eigenvalue weighted by molar-refractivity contribution is 5.79. The summed E-state index contributed by atoms with van der Waals surface area (Å²) in [5.41, 5.74) is 2.05. The van der Waals surface area contributed by atoms with Crippen molar-refractivity contribution in [1.29, 1.82) is 0 Å². The van der Waals surface area contributed by atoms with Crippen LogP contribution in [0.2, 0.25) is 0 Å². The Balaban J connectivity index is 2.08. The average molecular weight is 211 g/mol. The van der Waals surface area contributed by atoms with Gasteiger partial charge in [-0.15, -0.1) is 0 Å². The fourth-order valence-electron chi connectivity index (χ4n) is 1.32. The zero-order valence-corrected chi connectivity index (χ0v) is 9.12. The van der Waals surface area contributed by atoms with E-state index in [2.05, 4.69) is 10.1 Å². The normalized spacial score (nSPS) is 10.6. The molecule has 3 heteroatoms. The molecular weight excluding hydrogens is 198 g/mol. The number of pyridine rings is 1. The Morgan fingerprint density at radius 2 is 1.94 bits per heavy atom. The minimum Gasteiger partial charge on any atom is -0.269 e. The molecule has 1 aromatic heterocycles. The molecule has 0 bridgehead atoms. The Kier molecular flexibility index (Phi) is 3.28. The van der Waals surface area contributed by atoms with Gasteiger partial charge < -0.3 is 0 Å². The van der Waals surface area contributed by atoms with Gasteiger partial charge in [-0.2, -0.15) is 5.10 Å². The van der Waals surface area contributed by atoms with Crippen molar-refractivity contribution in [3.63, 3.8) is 0 Å². The fraction of sp³-hybridized carbons (Fsp3) is 0.0769. The summed E-state index contributed by atoms with van der Waals surface area (Å²) in [5.74, 6) is 0. The highest BCUT2D eigenvalue weighted by atomic mass is 15.4. The van der Waals surface area contributed by atoms with Crippen LogP contribution in [-0.2, 0) is 0 Å². The van der Waals surface area contributed by atoms with Gasteiger partial charge in [0.05, 0.1) is 11.9 Å². The molecule has 0 saturated carbocycles. The Morgan fingerprint density at radius 1 is 1.12 bits per heavy atom. The molecule has 0 aliphatic heterocycles. The van der Waals surface area contributed by atoms with Crippen molar-refractivity contribution in [2.24, 2.45) is 5.10 Å². The number of anilines is 1. The molecule has 0 spiro atoms. The van der Waals surface area contributed by atoms with Crippen LogP contribution in [0.4, 0.5) is 5.69 Å². The number of nitrogens with zero attached hydrogens (tertiary/aromatic N) is 3. The lowest BCUT2D eigenvalue weighted by Crippen LogP contribution is -2.08. The van der Waals surface area contributed by atoms with Gasteiger partial charge in [-0.3, -0.25) is 9.99 Å². The summed E-state index contributed by atoms with van der Waals surface area (Å²) in [5, 5.41) is 6.16. The Labute approximate surface area is 95.1 Å². The van der Waals surface area contributed by atoms with Crippen LogP contribution >= 0.6 is 0 Å². The average Bonchev–Trinajstić information content (AvgIpc) is 2.38. The lowest BCUT2D eigenvalue weighted by atomic mass is 10.3. The lowest BCUT2D eigenvalue weighted by Gasteiger charge is -2.11. The number of rotatable bonds is 3. The van der Waals surface area contributed by atoms with Gasteiger partial charge in [0.1, 0.15) is 0 Å². The molecule has 0 fully saturated rings. The van der Waals surface area contributed by atoms with Gasteiger partial charge in [-0.1, -0.05) is 24.3 Å². The maximum atomic E-state index is 4.33. The minimum absolute atomic E-state index is 0.991. The first-order valence-corrected chi connectivity index (χ1v) is 5.09. The van der Waals surface area contributed by atoms with Crippen molar-refractivity contribution in [2.45, 2.75) is 0 Å². The van der Waals surface area contributed by atoms with Crippen LogP contribution in [0.15, 0.2) is 60.0 Å². The first-order chi connectivity index (χ1) is 7.86. The zero-order valence-electron chi connectivity index (χ0n) is 9.12. The number of benzene rings is 1. The van der Waals surface area contributed by atoms with Gasteiger partial charge in [-0.05, 0) is 18.2 Å². The first kappa shape index (κ1) is 10.4. The third-order valence-corrected chi connectivity index (χ3v) is 2.19. The van der Waals surface area contributed by atoms with Crippen molar-refractivity contribution in [3.8, 4) is 0 Å². The third kappa shape index (κ3) is 2.67. The molecule has 2 aromatic rings. The number of hydrogen-bond acceptors (Lipinski definition) is 3. The molecule has 0 atom stereocenters. The molecule has 0 aliphatic rings. The van der Waals surface area contributed by atoms with Crippen molar-refractivity contribution in [3.05, 3.63) is 60.4 Å². The molecule has 2 rings (SSSR count). The van der Waals surface area contributed by atoms with Crippen LogP contribution in [0.3, 0.4) is 0 Å². The van der Waals surface area contributed by atoms with Crippen LogP contribution < -0.4 is 5.01 Å².